The number of benzene rings is 2. The number of ether oxygens (including phenoxy) is 2. The highest BCUT2D eigenvalue weighted by atomic mass is 32.2. The minimum absolute atomic E-state index is 0.0883. The van der Waals surface area contributed by atoms with Crippen LogP contribution in [0.1, 0.15) is 49.0 Å². The van der Waals surface area contributed by atoms with Crippen molar-refractivity contribution in [2.45, 2.75) is 44.0 Å². The molecule has 2 aromatic carbocycles. The second-order valence-corrected chi connectivity index (χ2v) is 9.82. The highest BCUT2D eigenvalue weighted by Gasteiger charge is 2.29. The van der Waals surface area contributed by atoms with Gasteiger partial charge in [-0.25, -0.2) is 0 Å². The number of rotatable bonds is 5. The van der Waals surface area contributed by atoms with Crippen molar-refractivity contribution < 1.29 is 19.1 Å². The van der Waals surface area contributed by atoms with Gasteiger partial charge in [-0.05, 0) is 60.2 Å². The topological polar surface area (TPSA) is 76.7 Å². The molecule has 2 N–H and O–H groups in total. The number of carbonyl (C=O) groups is 2. The second-order valence-electron chi connectivity index (χ2n) is 8.74. The number of nitrogens with one attached hydrogen (secondary N) is 2. The lowest BCUT2D eigenvalue weighted by Gasteiger charge is -2.34. The van der Waals surface area contributed by atoms with Gasteiger partial charge in [0.25, 0.3) is 11.8 Å². The molecule has 0 radical (unpaired) electrons. The Labute approximate surface area is 199 Å². The number of methoxy groups -OCH3 is 2. The van der Waals surface area contributed by atoms with Crippen LogP contribution in [0, 0.1) is 11.8 Å². The van der Waals surface area contributed by atoms with Crippen LogP contribution in [-0.4, -0.2) is 32.1 Å². The van der Waals surface area contributed by atoms with E-state index in [1.165, 1.54) is 18.2 Å². The van der Waals surface area contributed by atoms with Gasteiger partial charge in [-0.1, -0.05) is 44.5 Å². The van der Waals surface area contributed by atoms with E-state index >= 15 is 0 Å². The van der Waals surface area contributed by atoms with Crippen LogP contribution in [0.2, 0.25) is 0 Å². The smallest absolute Gasteiger partial charge is 0.262 e. The fourth-order valence-corrected chi connectivity index (χ4v) is 5.36. The van der Waals surface area contributed by atoms with E-state index in [-0.39, 0.29) is 17.9 Å². The molecule has 4 rings (SSSR count). The van der Waals surface area contributed by atoms with Gasteiger partial charge in [0, 0.05) is 16.5 Å². The lowest BCUT2D eigenvalue weighted by atomic mass is 9.78. The summed E-state index contributed by atoms with van der Waals surface area (Å²) in [5.74, 6) is 2.02. The summed E-state index contributed by atoms with van der Waals surface area (Å²) in [6.07, 6.45) is 5.19. The third-order valence-corrected chi connectivity index (χ3v) is 7.76. The highest BCUT2D eigenvalue weighted by Crippen LogP contribution is 2.40. The van der Waals surface area contributed by atoms with Crippen molar-refractivity contribution in [3.8, 4) is 11.5 Å². The van der Waals surface area contributed by atoms with Gasteiger partial charge in [0.05, 0.1) is 24.8 Å². The SMILES string of the molecule is COc1ccc(/C=C2/Sc3ccc(C(=O)NC4CCCC(C)C4C)cc3NC2=O)cc1OC. The third kappa shape index (κ3) is 5.03. The first-order valence-electron chi connectivity index (χ1n) is 11.3. The molecule has 2 aromatic rings. The Morgan fingerprint density at radius 1 is 1.09 bits per heavy atom. The molecule has 1 saturated carbocycles. The zero-order valence-corrected chi connectivity index (χ0v) is 20.3. The van der Waals surface area contributed by atoms with Gasteiger partial charge in [-0.3, -0.25) is 9.59 Å². The van der Waals surface area contributed by atoms with Gasteiger partial charge in [0.2, 0.25) is 0 Å². The van der Waals surface area contributed by atoms with Crippen molar-refractivity contribution in [3.05, 3.63) is 52.4 Å². The van der Waals surface area contributed by atoms with Gasteiger partial charge in [0.1, 0.15) is 0 Å². The van der Waals surface area contributed by atoms with Crippen molar-refractivity contribution in [2.75, 3.05) is 19.5 Å². The van der Waals surface area contributed by atoms with Crippen LogP contribution in [0.3, 0.4) is 0 Å². The van der Waals surface area contributed by atoms with E-state index in [1.807, 2.05) is 36.4 Å². The van der Waals surface area contributed by atoms with Crippen molar-refractivity contribution in [1.82, 2.24) is 5.32 Å². The molecule has 33 heavy (non-hydrogen) atoms. The molecular formula is C26H30N2O4S. The van der Waals surface area contributed by atoms with Gasteiger partial charge < -0.3 is 20.1 Å². The van der Waals surface area contributed by atoms with Crippen molar-refractivity contribution in [1.29, 1.82) is 0 Å². The molecular weight excluding hydrogens is 436 g/mol. The molecule has 3 unspecified atom stereocenters. The van der Waals surface area contributed by atoms with Gasteiger partial charge in [-0.15, -0.1) is 0 Å². The molecule has 1 aliphatic carbocycles. The summed E-state index contributed by atoms with van der Waals surface area (Å²) in [6.45, 7) is 4.46. The predicted octanol–water partition coefficient (Wildman–Crippen LogP) is 5.34. The summed E-state index contributed by atoms with van der Waals surface area (Å²) in [5, 5.41) is 6.14. The monoisotopic (exact) mass is 466 g/mol. The van der Waals surface area contributed by atoms with Crippen LogP contribution in [0.25, 0.3) is 6.08 Å². The van der Waals surface area contributed by atoms with Crippen LogP contribution in [-0.2, 0) is 4.79 Å². The summed E-state index contributed by atoms with van der Waals surface area (Å²) in [7, 11) is 3.17. The summed E-state index contributed by atoms with van der Waals surface area (Å²) in [4.78, 5) is 27.1. The maximum Gasteiger partial charge on any atom is 0.262 e. The molecule has 6 nitrogen and oxygen atoms in total. The number of thioether (sulfide) groups is 1. The Morgan fingerprint density at radius 3 is 2.64 bits per heavy atom. The molecule has 7 heteroatoms. The van der Waals surface area contributed by atoms with Crippen molar-refractivity contribution in [3.63, 3.8) is 0 Å². The Bertz CT molecular complexity index is 1100. The molecule has 1 heterocycles. The van der Waals surface area contributed by atoms with E-state index in [0.717, 1.165) is 23.3 Å². The Balaban J connectivity index is 1.50. The van der Waals surface area contributed by atoms with Crippen LogP contribution in [0.5, 0.6) is 11.5 Å². The largest absolute Gasteiger partial charge is 0.493 e. The molecule has 0 aromatic heterocycles. The fourth-order valence-electron chi connectivity index (χ4n) is 4.43. The van der Waals surface area contributed by atoms with Crippen LogP contribution in [0.15, 0.2) is 46.2 Å². The van der Waals surface area contributed by atoms with Crippen molar-refractivity contribution >= 4 is 35.3 Å². The number of hydrogen-bond acceptors (Lipinski definition) is 5. The molecule has 1 aliphatic heterocycles. The molecule has 0 spiro atoms. The summed E-state index contributed by atoms with van der Waals surface area (Å²) >= 11 is 1.39. The molecule has 2 amide bonds. The number of fused-ring (bicyclic) bond motifs is 1. The van der Waals surface area contributed by atoms with Gasteiger partial charge in [0.15, 0.2) is 11.5 Å². The van der Waals surface area contributed by atoms with E-state index in [4.69, 9.17) is 9.47 Å². The maximum absolute atomic E-state index is 12.9. The standard InChI is InChI=1S/C26H30N2O4S/c1-15-6-5-7-19(16(15)2)27-25(29)18-9-11-23-20(14-18)28-26(30)24(33-23)13-17-8-10-21(31-3)22(12-17)32-4/h8-16,19H,5-7H2,1-4H3,(H,27,29)(H,28,30)/b24-13+. The number of carbonyl (C=O) groups excluding carboxylic acids is 2. The average Bonchev–Trinajstić information content (AvgIpc) is 2.82. The lowest BCUT2D eigenvalue weighted by molar-refractivity contribution is -0.112. The molecule has 3 atom stereocenters. The van der Waals surface area contributed by atoms with E-state index < -0.39 is 0 Å². The van der Waals surface area contributed by atoms with Crippen molar-refractivity contribution in [2.24, 2.45) is 11.8 Å². The minimum Gasteiger partial charge on any atom is -0.493 e. The molecule has 2 aliphatic rings. The van der Waals surface area contributed by atoms with E-state index in [9.17, 15) is 9.59 Å². The number of anilines is 1. The predicted molar refractivity (Wildman–Crippen MR) is 132 cm³/mol. The second kappa shape index (κ2) is 9.91. The molecule has 1 fully saturated rings. The third-order valence-electron chi connectivity index (χ3n) is 6.66. The van der Waals surface area contributed by atoms with Crippen LogP contribution >= 0.6 is 11.8 Å². The lowest BCUT2D eigenvalue weighted by Crippen LogP contribution is -2.43. The number of hydrogen-bond donors (Lipinski definition) is 2. The first kappa shape index (κ1) is 23.2. The Kier molecular flexibility index (Phi) is 6.98. The average molecular weight is 467 g/mol. The molecule has 0 bridgehead atoms. The Hall–Kier alpha value is -2.93. The molecule has 174 valence electrons. The van der Waals surface area contributed by atoms with Crippen LogP contribution < -0.4 is 20.1 Å². The van der Waals surface area contributed by atoms with Crippen LogP contribution in [0.4, 0.5) is 5.69 Å². The van der Waals surface area contributed by atoms with Gasteiger partial charge in [-0.2, -0.15) is 0 Å². The summed E-state index contributed by atoms with van der Waals surface area (Å²) in [6, 6.07) is 11.2. The summed E-state index contributed by atoms with van der Waals surface area (Å²) in [5.41, 5.74) is 2.06. The first-order valence-corrected chi connectivity index (χ1v) is 12.1. The quantitative estimate of drug-likeness (QED) is 0.582. The zero-order valence-electron chi connectivity index (χ0n) is 19.4. The van der Waals surface area contributed by atoms with E-state index in [1.54, 1.807) is 20.3 Å². The zero-order chi connectivity index (χ0) is 23.5. The number of amides is 2. The fraction of sp³-hybridized carbons (Fsp3) is 0.385. The highest BCUT2D eigenvalue weighted by molar-refractivity contribution is 8.04. The van der Waals surface area contributed by atoms with E-state index in [0.29, 0.717) is 39.5 Å². The summed E-state index contributed by atoms with van der Waals surface area (Å²) < 4.78 is 10.6. The van der Waals surface area contributed by atoms with E-state index in [2.05, 4.69) is 24.5 Å². The Morgan fingerprint density at radius 2 is 1.88 bits per heavy atom. The van der Waals surface area contributed by atoms with Gasteiger partial charge >= 0.3 is 0 Å². The maximum atomic E-state index is 12.9. The minimum atomic E-state index is -0.199. The first-order chi connectivity index (χ1) is 15.9. The normalized spacial score (nSPS) is 23.5. The molecule has 0 saturated heterocycles.